The van der Waals surface area contributed by atoms with Crippen LogP contribution in [0.25, 0.3) is 0 Å². The number of ether oxygens (including phenoxy) is 2. The zero-order valence-corrected chi connectivity index (χ0v) is 18.5. The van der Waals surface area contributed by atoms with Gasteiger partial charge < -0.3 is 14.8 Å². The fraction of sp³-hybridized carbons (Fsp3) is 0.542. The summed E-state index contributed by atoms with van der Waals surface area (Å²) in [6.45, 7) is 9.89. The number of benzene rings is 1. The first-order chi connectivity index (χ1) is 14.3. The van der Waals surface area contributed by atoms with Gasteiger partial charge in [0.25, 0.3) is 0 Å². The van der Waals surface area contributed by atoms with Gasteiger partial charge in [0.15, 0.2) is 11.4 Å². The van der Waals surface area contributed by atoms with E-state index in [9.17, 15) is 4.79 Å². The van der Waals surface area contributed by atoms with E-state index in [1.807, 2.05) is 58.0 Å². The number of piperidine rings is 1. The highest BCUT2D eigenvalue weighted by molar-refractivity contribution is 5.90. The molecule has 1 aliphatic rings. The highest BCUT2D eigenvalue weighted by Gasteiger charge is 2.26. The molecule has 1 aliphatic heterocycles. The first kappa shape index (κ1) is 22.2. The summed E-state index contributed by atoms with van der Waals surface area (Å²) in [5, 5.41) is 3.39. The fourth-order valence-electron chi connectivity index (χ4n) is 3.60. The molecule has 0 aliphatic carbocycles. The summed E-state index contributed by atoms with van der Waals surface area (Å²) in [5.74, 6) is 1.28. The molecule has 162 valence electrons. The Kier molecular flexibility index (Phi) is 7.43. The highest BCUT2D eigenvalue weighted by Crippen LogP contribution is 2.26. The average Bonchev–Trinajstić information content (AvgIpc) is 2.71. The van der Waals surface area contributed by atoms with Gasteiger partial charge in [-0.1, -0.05) is 30.3 Å². The van der Waals surface area contributed by atoms with E-state index in [2.05, 4.69) is 15.3 Å². The van der Waals surface area contributed by atoms with Crippen LogP contribution in [0.15, 0.2) is 30.3 Å². The molecule has 1 N–H and O–H groups in total. The minimum atomic E-state index is -0.609. The lowest BCUT2D eigenvalue weighted by Gasteiger charge is -2.23. The Morgan fingerprint density at radius 2 is 1.83 bits per heavy atom. The molecule has 1 aromatic carbocycles. The second-order valence-corrected chi connectivity index (χ2v) is 8.91. The molecular weight excluding hydrogens is 378 g/mol. The number of nitrogens with zero attached hydrogens (tertiary/aromatic N) is 2. The van der Waals surface area contributed by atoms with Crippen LogP contribution in [0, 0.1) is 12.8 Å². The van der Waals surface area contributed by atoms with Crippen molar-refractivity contribution in [2.75, 3.05) is 13.1 Å². The Labute approximate surface area is 179 Å². The fourth-order valence-corrected chi connectivity index (χ4v) is 3.60. The van der Waals surface area contributed by atoms with Gasteiger partial charge in [-0.25, -0.2) is 14.8 Å². The minimum Gasteiger partial charge on any atom is -0.484 e. The Balaban J connectivity index is 1.80. The molecule has 0 spiro atoms. The Bertz CT molecular complexity index is 841. The van der Waals surface area contributed by atoms with Gasteiger partial charge in [-0.15, -0.1) is 0 Å². The van der Waals surface area contributed by atoms with Crippen LogP contribution in [0.1, 0.15) is 67.6 Å². The van der Waals surface area contributed by atoms with Crippen molar-refractivity contribution in [1.29, 1.82) is 0 Å². The summed E-state index contributed by atoms with van der Waals surface area (Å²) in [6, 6.07) is 9.84. The van der Waals surface area contributed by atoms with Crippen LogP contribution in [-0.2, 0) is 17.8 Å². The van der Waals surface area contributed by atoms with Crippen LogP contribution < -0.4 is 10.1 Å². The SMILES string of the molecule is Cc1nc(CCC2CCNCC2)nc(C(=O)OC(C)(C)C)c1OCc1ccccc1. The molecule has 0 bridgehead atoms. The van der Waals surface area contributed by atoms with E-state index in [-0.39, 0.29) is 5.69 Å². The van der Waals surface area contributed by atoms with Crippen molar-refractivity contribution in [2.24, 2.45) is 5.92 Å². The van der Waals surface area contributed by atoms with Gasteiger partial charge >= 0.3 is 5.97 Å². The number of hydrogen-bond acceptors (Lipinski definition) is 6. The van der Waals surface area contributed by atoms with Crippen molar-refractivity contribution >= 4 is 5.97 Å². The average molecular weight is 412 g/mol. The number of aryl methyl sites for hydroxylation is 2. The van der Waals surface area contributed by atoms with Crippen LogP contribution >= 0.6 is 0 Å². The van der Waals surface area contributed by atoms with Crippen molar-refractivity contribution in [2.45, 2.75) is 65.6 Å². The summed E-state index contributed by atoms with van der Waals surface area (Å²) in [5.41, 5.74) is 1.29. The maximum atomic E-state index is 12.9. The van der Waals surface area contributed by atoms with Gasteiger partial charge in [-0.2, -0.15) is 0 Å². The Morgan fingerprint density at radius 3 is 2.50 bits per heavy atom. The lowest BCUT2D eigenvalue weighted by Crippen LogP contribution is -2.28. The molecule has 1 aromatic heterocycles. The third kappa shape index (κ3) is 6.52. The zero-order chi connectivity index (χ0) is 21.6. The molecule has 2 aromatic rings. The number of carbonyl (C=O) groups excluding carboxylic acids is 1. The topological polar surface area (TPSA) is 73.3 Å². The lowest BCUT2D eigenvalue weighted by molar-refractivity contribution is 0.00573. The minimum absolute atomic E-state index is 0.216. The molecule has 1 saturated heterocycles. The maximum Gasteiger partial charge on any atom is 0.361 e. The summed E-state index contributed by atoms with van der Waals surface area (Å²) in [7, 11) is 0. The smallest absolute Gasteiger partial charge is 0.361 e. The summed E-state index contributed by atoms with van der Waals surface area (Å²) in [6.07, 6.45) is 4.13. The highest BCUT2D eigenvalue weighted by atomic mass is 16.6. The van der Waals surface area contributed by atoms with Crippen molar-refractivity contribution in [3.05, 3.63) is 53.1 Å². The quantitative estimate of drug-likeness (QED) is 0.687. The second kappa shape index (κ2) is 10.0. The molecular formula is C24H33N3O3. The molecule has 0 saturated carbocycles. The molecule has 0 unspecified atom stereocenters. The molecule has 0 atom stereocenters. The third-order valence-electron chi connectivity index (χ3n) is 5.13. The number of nitrogens with one attached hydrogen (secondary N) is 1. The second-order valence-electron chi connectivity index (χ2n) is 8.91. The van der Waals surface area contributed by atoms with Gasteiger partial charge in [0, 0.05) is 6.42 Å². The number of rotatable bonds is 7. The van der Waals surface area contributed by atoms with Crippen molar-refractivity contribution in [3.63, 3.8) is 0 Å². The molecule has 6 heteroatoms. The third-order valence-corrected chi connectivity index (χ3v) is 5.13. The Morgan fingerprint density at radius 1 is 1.13 bits per heavy atom. The van der Waals surface area contributed by atoms with Gasteiger partial charge in [-0.3, -0.25) is 0 Å². The van der Waals surface area contributed by atoms with E-state index in [0.717, 1.165) is 31.5 Å². The summed E-state index contributed by atoms with van der Waals surface area (Å²) in [4.78, 5) is 22.1. The van der Waals surface area contributed by atoms with E-state index in [1.54, 1.807) is 0 Å². The van der Waals surface area contributed by atoms with Crippen LogP contribution in [-0.4, -0.2) is 34.6 Å². The van der Waals surface area contributed by atoms with Gasteiger partial charge in [-0.05, 0) is 71.5 Å². The predicted molar refractivity (Wildman–Crippen MR) is 117 cm³/mol. The van der Waals surface area contributed by atoms with Gasteiger partial charge in [0.2, 0.25) is 0 Å². The molecule has 3 rings (SSSR count). The molecule has 2 heterocycles. The van der Waals surface area contributed by atoms with Gasteiger partial charge in [0.1, 0.15) is 18.0 Å². The molecule has 0 radical (unpaired) electrons. The molecule has 1 fully saturated rings. The van der Waals surface area contributed by atoms with Crippen LogP contribution in [0.2, 0.25) is 0 Å². The van der Waals surface area contributed by atoms with Crippen molar-refractivity contribution < 1.29 is 14.3 Å². The Hall–Kier alpha value is -2.47. The van der Waals surface area contributed by atoms with Crippen LogP contribution in [0.5, 0.6) is 5.75 Å². The summed E-state index contributed by atoms with van der Waals surface area (Å²) < 4.78 is 11.6. The van der Waals surface area contributed by atoms with Crippen molar-refractivity contribution in [3.8, 4) is 5.75 Å². The zero-order valence-electron chi connectivity index (χ0n) is 18.5. The first-order valence-electron chi connectivity index (χ1n) is 10.8. The van der Waals surface area contributed by atoms with E-state index >= 15 is 0 Å². The number of hydrogen-bond donors (Lipinski definition) is 1. The molecule has 6 nitrogen and oxygen atoms in total. The largest absolute Gasteiger partial charge is 0.484 e. The number of aromatic nitrogens is 2. The van der Waals surface area contributed by atoms with E-state index in [1.165, 1.54) is 12.8 Å². The monoisotopic (exact) mass is 411 g/mol. The normalized spacial score (nSPS) is 15.1. The summed E-state index contributed by atoms with van der Waals surface area (Å²) >= 11 is 0. The van der Waals surface area contributed by atoms with Crippen molar-refractivity contribution in [1.82, 2.24) is 15.3 Å². The van der Waals surface area contributed by atoms with Gasteiger partial charge in [0.05, 0.1) is 5.69 Å². The number of carbonyl (C=O) groups is 1. The predicted octanol–water partition coefficient (Wildman–Crippen LogP) is 4.25. The van der Waals surface area contributed by atoms with E-state index in [0.29, 0.717) is 29.8 Å². The maximum absolute atomic E-state index is 12.9. The lowest BCUT2D eigenvalue weighted by atomic mass is 9.93. The first-order valence-corrected chi connectivity index (χ1v) is 10.8. The van der Waals surface area contributed by atoms with Crippen LogP contribution in [0.4, 0.5) is 0 Å². The molecule has 30 heavy (non-hydrogen) atoms. The van der Waals surface area contributed by atoms with E-state index in [4.69, 9.17) is 9.47 Å². The number of esters is 1. The van der Waals surface area contributed by atoms with Crippen LogP contribution in [0.3, 0.4) is 0 Å². The standard InChI is InChI=1S/C24H33N3O3/c1-17-22(29-16-19-8-6-5-7-9-19)21(23(28)30-24(2,3)4)27-20(26-17)11-10-18-12-14-25-15-13-18/h5-9,18,25H,10-16H2,1-4H3. The van der Waals surface area contributed by atoms with E-state index < -0.39 is 11.6 Å². The molecule has 0 amide bonds.